The number of para-hydroxylation sites is 2. The predicted octanol–water partition coefficient (Wildman–Crippen LogP) is 4.39. The van der Waals surface area contributed by atoms with Crippen molar-refractivity contribution in [2.24, 2.45) is 0 Å². The Morgan fingerprint density at radius 2 is 1.47 bits per heavy atom. The molecule has 2 rings (SSSR count). The minimum Gasteiger partial charge on any atom is -0.370 e. The van der Waals surface area contributed by atoms with E-state index in [2.05, 4.69) is 4.90 Å². The molecule has 0 atom stereocenters. The highest BCUT2D eigenvalue weighted by Gasteiger charge is 2.28. The Morgan fingerprint density at radius 3 is 2.11 bits per heavy atom. The first kappa shape index (κ1) is 14.0. The van der Waals surface area contributed by atoms with Crippen molar-refractivity contribution in [1.82, 2.24) is 0 Å². The van der Waals surface area contributed by atoms with Gasteiger partial charge in [-0.15, -0.1) is 0 Å². The summed E-state index contributed by atoms with van der Waals surface area (Å²) in [5, 5.41) is 1.64. The summed E-state index contributed by atoms with van der Waals surface area (Å²) in [6, 6.07) is 6.66. The van der Waals surface area contributed by atoms with Gasteiger partial charge in [-0.05, 0) is 25.0 Å². The lowest BCUT2D eigenvalue weighted by Gasteiger charge is -2.29. The molecule has 0 spiro atoms. The maximum Gasteiger partial charge on any atom is 0.482 e. The van der Waals surface area contributed by atoms with Gasteiger partial charge in [-0.1, -0.05) is 31.4 Å². The summed E-state index contributed by atoms with van der Waals surface area (Å²) in [6.45, 7) is 1.66. The van der Waals surface area contributed by atoms with Gasteiger partial charge in [-0.25, -0.2) is 0 Å². The van der Waals surface area contributed by atoms with Gasteiger partial charge >= 0.3 is 6.30 Å². The van der Waals surface area contributed by atoms with E-state index in [1.54, 1.807) is 23.5 Å². The Bertz CT molecular complexity index is 396. The van der Waals surface area contributed by atoms with Crippen LogP contribution >= 0.6 is 0 Å². The first-order valence-corrected chi connectivity index (χ1v) is 6.75. The summed E-state index contributed by atoms with van der Waals surface area (Å²) in [5.41, 5.74) is 0.803. The van der Waals surface area contributed by atoms with Crippen molar-refractivity contribution < 1.29 is 13.2 Å². The van der Waals surface area contributed by atoms with Crippen LogP contribution in [0, 0.1) is 0 Å². The molecule has 0 bridgehead atoms. The number of alkyl halides is 3. The fraction of sp³-hybridized carbons (Fsp3) is 0.571. The van der Waals surface area contributed by atoms with Crippen LogP contribution in [-0.2, 0) is 0 Å². The SMILES string of the molecule is FC(F)(F)Nc1ccccc1N1CCCCCCC1. The van der Waals surface area contributed by atoms with E-state index >= 15 is 0 Å². The second kappa shape index (κ2) is 6.17. The predicted molar refractivity (Wildman–Crippen MR) is 71.4 cm³/mol. The van der Waals surface area contributed by atoms with E-state index in [9.17, 15) is 13.2 Å². The fourth-order valence-electron chi connectivity index (χ4n) is 2.50. The summed E-state index contributed by atoms with van der Waals surface area (Å²) < 4.78 is 37.5. The molecule has 0 aliphatic carbocycles. The third-order valence-corrected chi connectivity index (χ3v) is 3.38. The number of hydrogen-bond donors (Lipinski definition) is 1. The summed E-state index contributed by atoms with van der Waals surface area (Å²) in [7, 11) is 0. The van der Waals surface area contributed by atoms with Gasteiger partial charge in [0, 0.05) is 13.1 Å². The third-order valence-electron chi connectivity index (χ3n) is 3.38. The van der Waals surface area contributed by atoms with E-state index in [1.807, 2.05) is 0 Å². The van der Waals surface area contributed by atoms with Crippen LogP contribution in [0.15, 0.2) is 24.3 Å². The molecule has 1 fully saturated rings. The van der Waals surface area contributed by atoms with E-state index in [-0.39, 0.29) is 5.69 Å². The molecular weight excluding hydrogens is 253 g/mol. The smallest absolute Gasteiger partial charge is 0.370 e. The number of nitrogens with zero attached hydrogens (tertiary/aromatic N) is 1. The van der Waals surface area contributed by atoms with Crippen molar-refractivity contribution in [1.29, 1.82) is 0 Å². The largest absolute Gasteiger partial charge is 0.482 e. The third kappa shape index (κ3) is 4.33. The molecule has 0 radical (unpaired) electrons. The van der Waals surface area contributed by atoms with Crippen LogP contribution in [0.1, 0.15) is 32.1 Å². The van der Waals surface area contributed by atoms with Gasteiger partial charge < -0.3 is 4.90 Å². The first-order chi connectivity index (χ1) is 9.06. The zero-order valence-electron chi connectivity index (χ0n) is 10.8. The van der Waals surface area contributed by atoms with Gasteiger partial charge in [0.15, 0.2) is 0 Å². The van der Waals surface area contributed by atoms with Crippen molar-refractivity contribution in [2.75, 3.05) is 23.3 Å². The van der Waals surface area contributed by atoms with Crippen molar-refractivity contribution in [3.8, 4) is 0 Å². The second-order valence-corrected chi connectivity index (χ2v) is 4.89. The van der Waals surface area contributed by atoms with E-state index in [0.29, 0.717) is 5.69 Å². The Labute approximate surface area is 111 Å². The van der Waals surface area contributed by atoms with Crippen LogP contribution in [0.5, 0.6) is 0 Å². The minimum absolute atomic E-state index is 0.149. The zero-order valence-corrected chi connectivity index (χ0v) is 10.8. The van der Waals surface area contributed by atoms with Crippen LogP contribution in [-0.4, -0.2) is 19.4 Å². The zero-order chi connectivity index (χ0) is 13.7. The first-order valence-electron chi connectivity index (χ1n) is 6.75. The molecule has 2 nitrogen and oxygen atoms in total. The van der Waals surface area contributed by atoms with E-state index in [1.165, 1.54) is 12.5 Å². The monoisotopic (exact) mass is 272 g/mol. The number of halogens is 3. The molecule has 5 heteroatoms. The van der Waals surface area contributed by atoms with Crippen molar-refractivity contribution in [3.05, 3.63) is 24.3 Å². The second-order valence-electron chi connectivity index (χ2n) is 4.89. The highest BCUT2D eigenvalue weighted by molar-refractivity contribution is 5.70. The van der Waals surface area contributed by atoms with E-state index in [0.717, 1.165) is 38.8 Å². The topological polar surface area (TPSA) is 15.3 Å². The number of rotatable bonds is 2. The van der Waals surface area contributed by atoms with Gasteiger partial charge in [0.25, 0.3) is 0 Å². The summed E-state index contributed by atoms with van der Waals surface area (Å²) in [4.78, 5) is 2.06. The Morgan fingerprint density at radius 1 is 0.895 bits per heavy atom. The van der Waals surface area contributed by atoms with Crippen molar-refractivity contribution in [2.45, 2.75) is 38.4 Å². The molecule has 0 amide bonds. The van der Waals surface area contributed by atoms with Crippen LogP contribution in [0.3, 0.4) is 0 Å². The highest BCUT2D eigenvalue weighted by Crippen LogP contribution is 2.31. The molecule has 0 unspecified atom stereocenters. The van der Waals surface area contributed by atoms with Crippen LogP contribution in [0.25, 0.3) is 0 Å². The molecule has 1 aromatic rings. The van der Waals surface area contributed by atoms with Crippen molar-refractivity contribution >= 4 is 11.4 Å². The minimum atomic E-state index is -4.39. The number of benzene rings is 1. The molecule has 1 N–H and O–H groups in total. The molecule has 0 aromatic heterocycles. The summed E-state index contributed by atoms with van der Waals surface area (Å²) >= 11 is 0. The van der Waals surface area contributed by atoms with E-state index in [4.69, 9.17) is 0 Å². The van der Waals surface area contributed by atoms with Gasteiger partial charge in [0.2, 0.25) is 0 Å². The summed E-state index contributed by atoms with van der Waals surface area (Å²) in [5.74, 6) is 0. The molecule has 1 heterocycles. The molecule has 1 aliphatic rings. The van der Waals surface area contributed by atoms with Crippen molar-refractivity contribution in [3.63, 3.8) is 0 Å². The number of hydrogen-bond acceptors (Lipinski definition) is 2. The lowest BCUT2D eigenvalue weighted by molar-refractivity contribution is -0.0999. The average Bonchev–Trinajstić information content (AvgIpc) is 2.28. The Kier molecular flexibility index (Phi) is 4.56. The van der Waals surface area contributed by atoms with Crippen LogP contribution < -0.4 is 10.2 Å². The number of nitrogens with one attached hydrogen (secondary N) is 1. The van der Waals surface area contributed by atoms with Gasteiger partial charge in [-0.2, -0.15) is 13.2 Å². The molecule has 106 valence electrons. The van der Waals surface area contributed by atoms with Crippen LogP contribution in [0.4, 0.5) is 24.5 Å². The molecule has 1 aliphatic heterocycles. The lowest BCUT2D eigenvalue weighted by Crippen LogP contribution is -2.29. The van der Waals surface area contributed by atoms with Gasteiger partial charge in [-0.3, -0.25) is 5.32 Å². The maximum atomic E-state index is 12.5. The van der Waals surface area contributed by atoms with Gasteiger partial charge in [0.05, 0.1) is 11.4 Å². The Balaban J connectivity index is 2.17. The maximum absolute atomic E-state index is 12.5. The van der Waals surface area contributed by atoms with Crippen LogP contribution in [0.2, 0.25) is 0 Å². The summed E-state index contributed by atoms with van der Waals surface area (Å²) in [6.07, 6.45) is 1.24. The van der Waals surface area contributed by atoms with E-state index < -0.39 is 6.30 Å². The average molecular weight is 272 g/mol. The standard InChI is InChI=1S/C14H19F3N2/c15-14(16,17)18-12-8-4-5-9-13(12)19-10-6-2-1-3-7-11-19/h4-5,8-9,18H,1-3,6-7,10-11H2. The number of anilines is 2. The molecule has 19 heavy (non-hydrogen) atoms. The normalized spacial score (nSPS) is 17.7. The lowest BCUT2D eigenvalue weighted by atomic mass is 10.1. The fourth-order valence-corrected chi connectivity index (χ4v) is 2.50. The van der Waals surface area contributed by atoms with Gasteiger partial charge in [0.1, 0.15) is 0 Å². The highest BCUT2D eigenvalue weighted by atomic mass is 19.4. The quantitative estimate of drug-likeness (QED) is 0.803. The molecule has 1 saturated heterocycles. The Hall–Kier alpha value is -1.39. The molecule has 1 aromatic carbocycles. The molecular formula is C14H19F3N2. The molecule has 0 saturated carbocycles.